The van der Waals surface area contributed by atoms with E-state index in [2.05, 4.69) is 38.7 Å². The van der Waals surface area contributed by atoms with Gasteiger partial charge in [-0.25, -0.2) is 4.98 Å². The van der Waals surface area contributed by atoms with E-state index in [1.165, 1.54) is 11.1 Å². The van der Waals surface area contributed by atoms with Gasteiger partial charge in [0.2, 0.25) is 0 Å². The maximum atomic E-state index is 5.26. The molecular weight excluding hydrogens is 288 g/mol. The van der Waals surface area contributed by atoms with Crippen molar-refractivity contribution in [2.45, 2.75) is 12.6 Å². The zero-order chi connectivity index (χ0) is 16.1. The Morgan fingerprint density at radius 3 is 2.87 bits per heavy atom. The fourth-order valence-corrected chi connectivity index (χ4v) is 3.10. The number of aromatic nitrogens is 1. The Hall–Kier alpha value is -2.11. The molecule has 3 rings (SSSR count). The fraction of sp³-hybridized carbons (Fsp3) is 0.389. The van der Waals surface area contributed by atoms with Gasteiger partial charge < -0.3 is 15.4 Å². The molecule has 1 aromatic carbocycles. The number of rotatable bonds is 5. The molecule has 0 unspecified atom stereocenters. The van der Waals surface area contributed by atoms with Crippen LogP contribution in [0.3, 0.4) is 0 Å². The summed E-state index contributed by atoms with van der Waals surface area (Å²) in [5.41, 5.74) is 2.54. The van der Waals surface area contributed by atoms with Crippen molar-refractivity contribution in [2.24, 2.45) is 0 Å². The van der Waals surface area contributed by atoms with Crippen LogP contribution in [-0.2, 0) is 6.54 Å². The highest BCUT2D eigenvalue weighted by atomic mass is 16.5. The maximum Gasteiger partial charge on any atom is 0.130 e. The van der Waals surface area contributed by atoms with Crippen molar-refractivity contribution in [2.75, 3.05) is 39.1 Å². The van der Waals surface area contributed by atoms with Gasteiger partial charge in [0.05, 0.1) is 7.11 Å². The highest BCUT2D eigenvalue weighted by Crippen LogP contribution is 2.27. The molecule has 0 aliphatic carbocycles. The fourth-order valence-electron chi connectivity index (χ4n) is 3.10. The van der Waals surface area contributed by atoms with Crippen molar-refractivity contribution in [3.8, 4) is 5.75 Å². The standard InChI is InChI=1S/C18H24N4O/c1-19-18-15(4-3-9-21-18)13-22-11-10-20-12-17(22)14-5-7-16(23-2)8-6-14/h3-9,17,20H,10-13H2,1-2H3,(H,19,21)/t17-/m0/s1. The number of methoxy groups -OCH3 is 1. The van der Waals surface area contributed by atoms with E-state index < -0.39 is 0 Å². The number of benzene rings is 1. The minimum atomic E-state index is 0.361. The van der Waals surface area contributed by atoms with E-state index in [1.807, 2.05) is 31.4 Å². The molecule has 1 aromatic heterocycles. The molecule has 0 spiro atoms. The molecule has 0 bridgehead atoms. The largest absolute Gasteiger partial charge is 0.497 e. The minimum Gasteiger partial charge on any atom is -0.497 e. The van der Waals surface area contributed by atoms with Crippen LogP contribution in [0.1, 0.15) is 17.2 Å². The molecule has 0 radical (unpaired) electrons. The summed E-state index contributed by atoms with van der Waals surface area (Å²) in [5, 5.41) is 6.69. The number of ether oxygens (including phenoxy) is 1. The molecule has 1 fully saturated rings. The maximum absolute atomic E-state index is 5.26. The molecule has 0 amide bonds. The second kappa shape index (κ2) is 7.44. The predicted molar refractivity (Wildman–Crippen MR) is 92.8 cm³/mol. The summed E-state index contributed by atoms with van der Waals surface area (Å²) in [4.78, 5) is 6.92. The van der Waals surface area contributed by atoms with Gasteiger partial charge in [-0.2, -0.15) is 0 Å². The molecular formula is C18H24N4O. The summed E-state index contributed by atoms with van der Waals surface area (Å²) >= 11 is 0. The van der Waals surface area contributed by atoms with E-state index in [-0.39, 0.29) is 0 Å². The predicted octanol–water partition coefficient (Wildman–Crippen LogP) is 2.28. The van der Waals surface area contributed by atoms with E-state index in [4.69, 9.17) is 4.74 Å². The van der Waals surface area contributed by atoms with Gasteiger partial charge in [-0.3, -0.25) is 4.90 Å². The first-order valence-electron chi connectivity index (χ1n) is 8.02. The van der Waals surface area contributed by atoms with Gasteiger partial charge in [0.1, 0.15) is 11.6 Å². The van der Waals surface area contributed by atoms with Crippen LogP contribution >= 0.6 is 0 Å². The Bertz CT molecular complexity index is 629. The number of nitrogens with zero attached hydrogens (tertiary/aromatic N) is 2. The first-order valence-corrected chi connectivity index (χ1v) is 8.02. The van der Waals surface area contributed by atoms with E-state index in [0.29, 0.717) is 6.04 Å². The lowest BCUT2D eigenvalue weighted by Crippen LogP contribution is -2.45. The lowest BCUT2D eigenvalue weighted by Gasteiger charge is -2.36. The van der Waals surface area contributed by atoms with E-state index in [9.17, 15) is 0 Å². The van der Waals surface area contributed by atoms with Crippen molar-refractivity contribution in [1.29, 1.82) is 0 Å². The Kier molecular flexibility index (Phi) is 5.10. The summed E-state index contributed by atoms with van der Waals surface area (Å²) < 4.78 is 5.26. The second-order valence-corrected chi connectivity index (χ2v) is 5.72. The SMILES string of the molecule is CNc1ncccc1CN1CCNC[C@H]1c1ccc(OC)cc1. The number of pyridine rings is 1. The zero-order valence-corrected chi connectivity index (χ0v) is 13.7. The van der Waals surface area contributed by atoms with Crippen LogP contribution in [-0.4, -0.2) is 43.7 Å². The summed E-state index contributed by atoms with van der Waals surface area (Å²) in [6, 6.07) is 12.9. The van der Waals surface area contributed by atoms with Crippen LogP contribution in [0.25, 0.3) is 0 Å². The first-order chi connectivity index (χ1) is 11.3. The van der Waals surface area contributed by atoms with Gasteiger partial charge in [-0.1, -0.05) is 18.2 Å². The average Bonchev–Trinajstić information content (AvgIpc) is 2.63. The molecule has 1 aliphatic heterocycles. The van der Waals surface area contributed by atoms with E-state index >= 15 is 0 Å². The highest BCUT2D eigenvalue weighted by Gasteiger charge is 2.24. The van der Waals surface area contributed by atoms with Gasteiger partial charge in [-0.15, -0.1) is 0 Å². The number of nitrogens with one attached hydrogen (secondary N) is 2. The Morgan fingerprint density at radius 2 is 2.13 bits per heavy atom. The number of hydrogen-bond donors (Lipinski definition) is 2. The van der Waals surface area contributed by atoms with E-state index in [0.717, 1.165) is 37.7 Å². The summed E-state index contributed by atoms with van der Waals surface area (Å²) in [7, 11) is 3.62. The molecule has 2 aromatic rings. The summed E-state index contributed by atoms with van der Waals surface area (Å²) in [6.45, 7) is 3.89. The lowest BCUT2D eigenvalue weighted by molar-refractivity contribution is 0.154. The molecule has 5 heteroatoms. The number of hydrogen-bond acceptors (Lipinski definition) is 5. The van der Waals surface area contributed by atoms with Gasteiger partial charge in [0.25, 0.3) is 0 Å². The normalized spacial score (nSPS) is 18.6. The third-order valence-electron chi connectivity index (χ3n) is 4.36. The molecule has 122 valence electrons. The molecule has 2 N–H and O–H groups in total. The van der Waals surface area contributed by atoms with Gasteiger partial charge in [0, 0.05) is 51.0 Å². The highest BCUT2D eigenvalue weighted by molar-refractivity contribution is 5.43. The Balaban J connectivity index is 1.80. The third-order valence-corrected chi connectivity index (χ3v) is 4.36. The van der Waals surface area contributed by atoms with Gasteiger partial charge >= 0.3 is 0 Å². The van der Waals surface area contributed by atoms with Crippen molar-refractivity contribution in [3.05, 3.63) is 53.7 Å². The quantitative estimate of drug-likeness (QED) is 0.887. The van der Waals surface area contributed by atoms with Crippen molar-refractivity contribution < 1.29 is 4.74 Å². The molecule has 0 saturated carbocycles. The smallest absolute Gasteiger partial charge is 0.130 e. The molecule has 1 atom stereocenters. The Labute approximate surface area is 137 Å². The number of anilines is 1. The van der Waals surface area contributed by atoms with Crippen molar-refractivity contribution in [3.63, 3.8) is 0 Å². The second-order valence-electron chi connectivity index (χ2n) is 5.72. The minimum absolute atomic E-state index is 0.361. The number of piperazine rings is 1. The van der Waals surface area contributed by atoms with Crippen molar-refractivity contribution in [1.82, 2.24) is 15.2 Å². The van der Waals surface area contributed by atoms with Crippen LogP contribution in [0.2, 0.25) is 0 Å². The molecule has 23 heavy (non-hydrogen) atoms. The molecule has 1 saturated heterocycles. The van der Waals surface area contributed by atoms with Gasteiger partial charge in [-0.05, 0) is 23.8 Å². The third kappa shape index (κ3) is 3.63. The van der Waals surface area contributed by atoms with Crippen molar-refractivity contribution >= 4 is 5.82 Å². The van der Waals surface area contributed by atoms with Crippen LogP contribution in [0.15, 0.2) is 42.6 Å². The Morgan fingerprint density at radius 1 is 1.30 bits per heavy atom. The van der Waals surface area contributed by atoms with Crippen LogP contribution in [0, 0.1) is 0 Å². The molecule has 2 heterocycles. The first kappa shape index (κ1) is 15.8. The molecule has 5 nitrogen and oxygen atoms in total. The zero-order valence-electron chi connectivity index (χ0n) is 13.7. The summed E-state index contributed by atoms with van der Waals surface area (Å²) in [6.07, 6.45) is 1.83. The molecule has 1 aliphatic rings. The average molecular weight is 312 g/mol. The topological polar surface area (TPSA) is 49.4 Å². The van der Waals surface area contributed by atoms with Gasteiger partial charge in [0.15, 0.2) is 0 Å². The van der Waals surface area contributed by atoms with E-state index in [1.54, 1.807) is 7.11 Å². The summed E-state index contributed by atoms with van der Waals surface area (Å²) in [5.74, 6) is 1.85. The van der Waals surface area contributed by atoms with Crippen LogP contribution < -0.4 is 15.4 Å². The van der Waals surface area contributed by atoms with Crippen LogP contribution in [0.5, 0.6) is 5.75 Å². The van der Waals surface area contributed by atoms with Crippen LogP contribution in [0.4, 0.5) is 5.82 Å². The lowest BCUT2D eigenvalue weighted by atomic mass is 10.0. The monoisotopic (exact) mass is 312 g/mol.